The molecule has 0 spiro atoms. The molecule has 2 fully saturated rings. The standard InChI is InChI=1S/C22H35ClN4O.HI/c1-16(2)27-13-17(3)20(14-27)26-21(24-4)25-15-22(9-11-28-12-10-22)18-7-5-6-8-19(18)23;/h5-8,16-17,20H,9-15H2,1-4H3,(H2,24,25,26);1H. The van der Waals surface area contributed by atoms with Gasteiger partial charge < -0.3 is 15.4 Å². The minimum Gasteiger partial charge on any atom is -0.381 e. The molecule has 2 N–H and O–H groups in total. The van der Waals surface area contributed by atoms with Crippen molar-refractivity contribution in [3.8, 4) is 0 Å². The maximum absolute atomic E-state index is 6.58. The van der Waals surface area contributed by atoms with Crippen molar-refractivity contribution in [2.45, 2.75) is 51.1 Å². The highest BCUT2D eigenvalue weighted by molar-refractivity contribution is 14.0. The Labute approximate surface area is 198 Å². The van der Waals surface area contributed by atoms with Gasteiger partial charge in [0.05, 0.1) is 0 Å². The van der Waals surface area contributed by atoms with Crippen molar-refractivity contribution in [1.82, 2.24) is 15.5 Å². The van der Waals surface area contributed by atoms with Crippen LogP contribution in [0.5, 0.6) is 0 Å². The van der Waals surface area contributed by atoms with Gasteiger partial charge in [-0.05, 0) is 44.2 Å². The predicted octanol–water partition coefficient (Wildman–Crippen LogP) is 3.90. The lowest BCUT2D eigenvalue weighted by atomic mass is 9.74. The number of guanidine groups is 1. The Morgan fingerprint density at radius 1 is 1.28 bits per heavy atom. The normalized spacial score (nSPS) is 25.0. The van der Waals surface area contributed by atoms with Crippen LogP contribution >= 0.6 is 35.6 Å². The predicted molar refractivity (Wildman–Crippen MR) is 133 cm³/mol. The van der Waals surface area contributed by atoms with Crippen molar-refractivity contribution in [2.24, 2.45) is 10.9 Å². The minimum atomic E-state index is -0.0283. The maximum Gasteiger partial charge on any atom is 0.191 e. The third-order valence-electron chi connectivity index (χ3n) is 6.41. The molecule has 0 bridgehead atoms. The van der Waals surface area contributed by atoms with Gasteiger partial charge in [-0.15, -0.1) is 24.0 Å². The summed E-state index contributed by atoms with van der Waals surface area (Å²) in [5.74, 6) is 1.47. The zero-order valence-corrected chi connectivity index (χ0v) is 21.2. The van der Waals surface area contributed by atoms with E-state index < -0.39 is 0 Å². The zero-order valence-electron chi connectivity index (χ0n) is 18.1. The largest absolute Gasteiger partial charge is 0.381 e. The molecule has 2 atom stereocenters. The van der Waals surface area contributed by atoms with Crippen molar-refractivity contribution in [3.63, 3.8) is 0 Å². The van der Waals surface area contributed by atoms with E-state index in [-0.39, 0.29) is 29.4 Å². The van der Waals surface area contributed by atoms with Crippen LogP contribution in [0.2, 0.25) is 5.02 Å². The first-order valence-electron chi connectivity index (χ1n) is 10.5. The van der Waals surface area contributed by atoms with Crippen molar-refractivity contribution in [1.29, 1.82) is 0 Å². The highest BCUT2D eigenvalue weighted by Gasteiger charge is 2.37. The van der Waals surface area contributed by atoms with E-state index in [0.717, 1.165) is 56.7 Å². The fraction of sp³-hybridized carbons (Fsp3) is 0.682. The molecule has 1 aromatic carbocycles. The summed E-state index contributed by atoms with van der Waals surface area (Å²) in [6, 6.07) is 9.21. The SMILES string of the molecule is CN=C(NCC1(c2ccccc2Cl)CCOCC1)NC1CN(C(C)C)CC1C.I. The van der Waals surface area contributed by atoms with Gasteiger partial charge in [-0.2, -0.15) is 0 Å². The van der Waals surface area contributed by atoms with E-state index in [1.165, 1.54) is 5.56 Å². The van der Waals surface area contributed by atoms with Gasteiger partial charge in [0, 0.05) is 62.4 Å². The van der Waals surface area contributed by atoms with Gasteiger partial charge in [-0.1, -0.05) is 36.7 Å². The number of likely N-dealkylation sites (tertiary alicyclic amines) is 1. The van der Waals surface area contributed by atoms with E-state index in [1.807, 2.05) is 19.2 Å². The second kappa shape index (κ2) is 11.2. The molecule has 0 radical (unpaired) electrons. The number of hydrogen-bond acceptors (Lipinski definition) is 3. The number of aliphatic imine (C=N–C) groups is 1. The summed E-state index contributed by atoms with van der Waals surface area (Å²) in [7, 11) is 1.85. The molecule has 2 aliphatic heterocycles. The molecule has 5 nitrogen and oxygen atoms in total. The van der Waals surface area contributed by atoms with Crippen LogP contribution in [0.4, 0.5) is 0 Å². The Kier molecular flexibility index (Phi) is 9.51. The maximum atomic E-state index is 6.58. The zero-order chi connectivity index (χ0) is 20.1. The number of benzene rings is 1. The van der Waals surface area contributed by atoms with Crippen molar-refractivity contribution in [3.05, 3.63) is 34.9 Å². The number of nitrogens with zero attached hydrogens (tertiary/aromatic N) is 2. The summed E-state index contributed by atoms with van der Waals surface area (Å²) in [6.45, 7) is 11.4. The number of halogens is 2. The van der Waals surface area contributed by atoms with E-state index in [2.05, 4.69) is 53.4 Å². The van der Waals surface area contributed by atoms with Gasteiger partial charge in [0.1, 0.15) is 0 Å². The van der Waals surface area contributed by atoms with Crippen molar-refractivity contribution in [2.75, 3.05) is 39.9 Å². The van der Waals surface area contributed by atoms with E-state index in [1.54, 1.807) is 0 Å². The van der Waals surface area contributed by atoms with Crippen LogP contribution in [-0.2, 0) is 10.2 Å². The van der Waals surface area contributed by atoms with Crippen LogP contribution in [0.15, 0.2) is 29.3 Å². The fourth-order valence-electron chi connectivity index (χ4n) is 4.43. The lowest BCUT2D eigenvalue weighted by Gasteiger charge is -2.39. The van der Waals surface area contributed by atoms with Gasteiger partial charge in [-0.3, -0.25) is 9.89 Å². The molecule has 2 aliphatic rings. The molecule has 3 rings (SSSR count). The van der Waals surface area contributed by atoms with Crippen LogP contribution < -0.4 is 10.6 Å². The van der Waals surface area contributed by atoms with Gasteiger partial charge in [-0.25, -0.2) is 0 Å². The fourth-order valence-corrected chi connectivity index (χ4v) is 4.77. The van der Waals surface area contributed by atoms with E-state index in [0.29, 0.717) is 18.0 Å². The van der Waals surface area contributed by atoms with E-state index in [9.17, 15) is 0 Å². The highest BCUT2D eigenvalue weighted by Crippen LogP contribution is 2.38. The summed E-state index contributed by atoms with van der Waals surface area (Å²) < 4.78 is 5.65. The highest BCUT2D eigenvalue weighted by atomic mass is 127. The summed E-state index contributed by atoms with van der Waals surface area (Å²) in [6.07, 6.45) is 1.92. The number of rotatable bonds is 5. The molecule has 2 unspecified atom stereocenters. The third-order valence-corrected chi connectivity index (χ3v) is 6.74. The molecule has 0 saturated carbocycles. The Morgan fingerprint density at radius 3 is 2.55 bits per heavy atom. The first kappa shape index (κ1) is 24.7. The summed E-state index contributed by atoms with van der Waals surface area (Å²) in [5, 5.41) is 8.10. The summed E-state index contributed by atoms with van der Waals surface area (Å²) in [4.78, 5) is 7.03. The average Bonchev–Trinajstić information content (AvgIpc) is 3.07. The molecule has 0 amide bonds. The Bertz CT molecular complexity index is 679. The molecule has 7 heteroatoms. The van der Waals surface area contributed by atoms with Gasteiger partial charge in [0.15, 0.2) is 5.96 Å². The lowest BCUT2D eigenvalue weighted by molar-refractivity contribution is 0.0514. The number of nitrogens with one attached hydrogen (secondary N) is 2. The molecular weight excluding hydrogens is 499 g/mol. The summed E-state index contributed by atoms with van der Waals surface area (Å²) in [5.41, 5.74) is 1.18. The molecule has 164 valence electrons. The first-order valence-corrected chi connectivity index (χ1v) is 10.9. The van der Waals surface area contributed by atoms with Crippen LogP contribution in [-0.4, -0.2) is 62.8 Å². The minimum absolute atomic E-state index is 0. The van der Waals surface area contributed by atoms with Crippen LogP contribution in [0.1, 0.15) is 39.2 Å². The van der Waals surface area contributed by atoms with Gasteiger partial charge in [0.25, 0.3) is 0 Å². The first-order chi connectivity index (χ1) is 13.4. The monoisotopic (exact) mass is 534 g/mol. The van der Waals surface area contributed by atoms with E-state index >= 15 is 0 Å². The molecule has 0 aliphatic carbocycles. The molecule has 2 saturated heterocycles. The molecule has 0 aromatic heterocycles. The average molecular weight is 535 g/mol. The van der Waals surface area contributed by atoms with Crippen LogP contribution in [0.3, 0.4) is 0 Å². The van der Waals surface area contributed by atoms with Crippen molar-refractivity contribution < 1.29 is 4.74 Å². The van der Waals surface area contributed by atoms with Gasteiger partial charge in [0.2, 0.25) is 0 Å². The Morgan fingerprint density at radius 2 is 1.97 bits per heavy atom. The molecule has 2 heterocycles. The Balaban J connectivity index is 0.00000300. The van der Waals surface area contributed by atoms with Crippen molar-refractivity contribution >= 4 is 41.5 Å². The van der Waals surface area contributed by atoms with E-state index in [4.69, 9.17) is 16.3 Å². The quantitative estimate of drug-likeness (QED) is 0.342. The smallest absolute Gasteiger partial charge is 0.191 e. The molecule has 1 aromatic rings. The van der Waals surface area contributed by atoms with Crippen LogP contribution in [0, 0.1) is 5.92 Å². The number of hydrogen-bond donors (Lipinski definition) is 2. The third kappa shape index (κ3) is 5.99. The van der Waals surface area contributed by atoms with Crippen LogP contribution in [0.25, 0.3) is 0 Å². The topological polar surface area (TPSA) is 48.9 Å². The second-order valence-corrected chi connectivity index (χ2v) is 8.98. The number of ether oxygens (including phenoxy) is 1. The molecule has 29 heavy (non-hydrogen) atoms. The van der Waals surface area contributed by atoms with Gasteiger partial charge >= 0.3 is 0 Å². The second-order valence-electron chi connectivity index (χ2n) is 8.57. The molecular formula is C22H36ClIN4O. The Hall–Kier alpha value is -0.570. The lowest BCUT2D eigenvalue weighted by Crippen LogP contribution is -2.51. The summed E-state index contributed by atoms with van der Waals surface area (Å²) >= 11 is 6.58.